The van der Waals surface area contributed by atoms with Crippen LogP contribution in [-0.4, -0.2) is 39.3 Å². The number of hydrogen-bond acceptors (Lipinski definition) is 4. The summed E-state index contributed by atoms with van der Waals surface area (Å²) in [5, 5.41) is 18.1. The van der Waals surface area contributed by atoms with Crippen molar-refractivity contribution >= 4 is 17.7 Å². The van der Waals surface area contributed by atoms with Gasteiger partial charge in [-0.2, -0.15) is 11.8 Å². The molecule has 0 bridgehead atoms. The van der Waals surface area contributed by atoms with Crippen LogP contribution in [0.4, 0.5) is 0 Å². The van der Waals surface area contributed by atoms with Gasteiger partial charge in [-0.15, -0.1) is 0 Å². The molecule has 0 spiro atoms. The van der Waals surface area contributed by atoms with E-state index in [1.165, 1.54) is 11.8 Å². The van der Waals surface area contributed by atoms with E-state index in [2.05, 4.69) is 0 Å². The van der Waals surface area contributed by atoms with Crippen molar-refractivity contribution in [1.82, 2.24) is 0 Å². The summed E-state index contributed by atoms with van der Waals surface area (Å²) < 4.78 is 0. The fourth-order valence-corrected chi connectivity index (χ4v) is 2.69. The molecule has 1 fully saturated rings. The highest BCUT2D eigenvalue weighted by Crippen LogP contribution is 2.29. The number of hydrogen-bond donors (Lipinski definition) is 3. The first-order valence-corrected chi connectivity index (χ1v) is 5.44. The van der Waals surface area contributed by atoms with E-state index in [-0.39, 0.29) is 11.4 Å². The van der Waals surface area contributed by atoms with E-state index < -0.39 is 12.0 Å². The van der Waals surface area contributed by atoms with E-state index >= 15 is 0 Å². The molecule has 13 heavy (non-hydrogen) atoms. The van der Waals surface area contributed by atoms with Gasteiger partial charge in [-0.3, -0.25) is 4.79 Å². The quantitative estimate of drug-likeness (QED) is 0.603. The van der Waals surface area contributed by atoms with Crippen LogP contribution in [0.5, 0.6) is 0 Å². The molecule has 0 heterocycles. The minimum absolute atomic E-state index is 0.186. The van der Waals surface area contributed by atoms with Gasteiger partial charge in [0, 0.05) is 11.0 Å². The first-order valence-electron chi connectivity index (χ1n) is 4.39. The van der Waals surface area contributed by atoms with Crippen molar-refractivity contribution in [3.63, 3.8) is 0 Å². The lowest BCUT2D eigenvalue weighted by Gasteiger charge is -2.14. The van der Waals surface area contributed by atoms with Gasteiger partial charge < -0.3 is 15.9 Å². The van der Waals surface area contributed by atoms with Gasteiger partial charge in [0.05, 0.1) is 6.10 Å². The third-order valence-electron chi connectivity index (χ3n) is 2.22. The Kier molecular flexibility index (Phi) is 4.02. The molecule has 4 nitrogen and oxygen atoms in total. The zero-order valence-electron chi connectivity index (χ0n) is 7.35. The molecular formula is C8H15NO3S. The lowest BCUT2D eigenvalue weighted by molar-refractivity contribution is -0.137. The number of carbonyl (C=O) groups is 1. The maximum atomic E-state index is 10.4. The Balaban J connectivity index is 2.22. The van der Waals surface area contributed by atoms with Crippen LogP contribution in [-0.2, 0) is 4.79 Å². The topological polar surface area (TPSA) is 83.5 Å². The first kappa shape index (κ1) is 10.8. The molecule has 2 unspecified atom stereocenters. The number of thioether (sulfide) groups is 1. The van der Waals surface area contributed by atoms with Crippen LogP contribution in [0.2, 0.25) is 0 Å². The Labute approximate surface area is 81.5 Å². The van der Waals surface area contributed by atoms with E-state index in [0.29, 0.717) is 5.75 Å². The van der Waals surface area contributed by atoms with Gasteiger partial charge in [0.2, 0.25) is 0 Å². The molecule has 0 aromatic heterocycles. The molecule has 1 aliphatic rings. The predicted molar refractivity (Wildman–Crippen MR) is 51.7 cm³/mol. The van der Waals surface area contributed by atoms with Crippen molar-refractivity contribution < 1.29 is 15.0 Å². The summed E-state index contributed by atoms with van der Waals surface area (Å²) in [7, 11) is 0. The summed E-state index contributed by atoms with van der Waals surface area (Å²) in [6.07, 6.45) is 2.56. The number of nitrogens with two attached hydrogens (primary N) is 1. The SMILES string of the molecule is N[C@@H](CSC1CCCC1O)C(=O)O. The second-order valence-corrected chi connectivity index (χ2v) is 4.59. The van der Waals surface area contributed by atoms with Crippen molar-refractivity contribution in [2.75, 3.05) is 5.75 Å². The Hall–Kier alpha value is -0.260. The molecule has 5 heteroatoms. The fraction of sp³-hybridized carbons (Fsp3) is 0.875. The molecule has 0 aromatic carbocycles. The van der Waals surface area contributed by atoms with E-state index in [9.17, 15) is 9.90 Å². The zero-order chi connectivity index (χ0) is 9.84. The Bertz CT molecular complexity index is 188. The molecule has 1 saturated carbocycles. The third-order valence-corrected chi connectivity index (χ3v) is 3.75. The molecule has 0 radical (unpaired) electrons. The number of carboxylic acids is 1. The van der Waals surface area contributed by atoms with Crippen LogP contribution in [0.1, 0.15) is 19.3 Å². The van der Waals surface area contributed by atoms with Gasteiger partial charge in [-0.05, 0) is 19.3 Å². The van der Waals surface area contributed by atoms with Crippen LogP contribution in [0.25, 0.3) is 0 Å². The van der Waals surface area contributed by atoms with Crippen LogP contribution in [0.3, 0.4) is 0 Å². The second kappa shape index (κ2) is 4.83. The summed E-state index contributed by atoms with van der Waals surface area (Å²) >= 11 is 1.47. The number of aliphatic hydroxyl groups excluding tert-OH is 1. The minimum Gasteiger partial charge on any atom is -0.480 e. The van der Waals surface area contributed by atoms with Crippen molar-refractivity contribution in [2.45, 2.75) is 36.7 Å². The molecule has 1 aliphatic carbocycles. The Morgan fingerprint density at radius 3 is 2.77 bits per heavy atom. The van der Waals surface area contributed by atoms with Crippen LogP contribution < -0.4 is 5.73 Å². The zero-order valence-corrected chi connectivity index (χ0v) is 8.17. The summed E-state index contributed by atoms with van der Waals surface area (Å²) in [6, 6.07) is -0.808. The number of aliphatic hydroxyl groups is 1. The molecule has 0 amide bonds. The predicted octanol–water partition coefficient (Wildman–Crippen LogP) is 0.0449. The van der Waals surface area contributed by atoms with Crippen molar-refractivity contribution in [3.05, 3.63) is 0 Å². The lowest BCUT2D eigenvalue weighted by Crippen LogP contribution is -2.33. The highest BCUT2D eigenvalue weighted by atomic mass is 32.2. The van der Waals surface area contributed by atoms with Crippen molar-refractivity contribution in [1.29, 1.82) is 0 Å². The van der Waals surface area contributed by atoms with Crippen LogP contribution in [0.15, 0.2) is 0 Å². The molecule has 76 valence electrons. The summed E-state index contributed by atoms with van der Waals surface area (Å²) in [5.74, 6) is -0.586. The molecule has 3 atom stereocenters. The van der Waals surface area contributed by atoms with Crippen molar-refractivity contribution in [3.8, 4) is 0 Å². The standard InChI is InChI=1S/C8H15NO3S/c9-5(8(11)12)4-13-7-3-1-2-6(7)10/h5-7,10H,1-4,9H2,(H,11,12)/t5-,6?,7?/m0/s1. The van der Waals surface area contributed by atoms with Gasteiger partial charge in [-0.25, -0.2) is 0 Å². The normalized spacial score (nSPS) is 30.3. The number of carboxylic acid groups (broad SMARTS) is 1. The third kappa shape index (κ3) is 3.17. The second-order valence-electron chi connectivity index (χ2n) is 3.31. The smallest absolute Gasteiger partial charge is 0.321 e. The average Bonchev–Trinajstić information content (AvgIpc) is 2.47. The van der Waals surface area contributed by atoms with Crippen LogP contribution in [0, 0.1) is 0 Å². The minimum atomic E-state index is -0.972. The van der Waals surface area contributed by atoms with Gasteiger partial charge in [0.1, 0.15) is 6.04 Å². The van der Waals surface area contributed by atoms with Gasteiger partial charge in [-0.1, -0.05) is 0 Å². The summed E-state index contributed by atoms with van der Waals surface area (Å²) in [6.45, 7) is 0. The molecule has 1 rings (SSSR count). The van der Waals surface area contributed by atoms with Crippen LogP contribution >= 0.6 is 11.8 Å². The highest BCUT2D eigenvalue weighted by molar-refractivity contribution is 8.00. The average molecular weight is 205 g/mol. The van der Waals surface area contributed by atoms with E-state index in [4.69, 9.17) is 10.8 Å². The van der Waals surface area contributed by atoms with Gasteiger partial charge in [0.25, 0.3) is 0 Å². The summed E-state index contributed by atoms with van der Waals surface area (Å²) in [5.41, 5.74) is 5.34. The molecular weight excluding hydrogens is 190 g/mol. The monoisotopic (exact) mass is 205 g/mol. The fourth-order valence-electron chi connectivity index (χ4n) is 1.40. The molecule has 4 N–H and O–H groups in total. The van der Waals surface area contributed by atoms with E-state index in [1.807, 2.05) is 0 Å². The van der Waals surface area contributed by atoms with Gasteiger partial charge >= 0.3 is 5.97 Å². The maximum Gasteiger partial charge on any atom is 0.321 e. The number of rotatable bonds is 4. The maximum absolute atomic E-state index is 10.4. The largest absolute Gasteiger partial charge is 0.480 e. The lowest BCUT2D eigenvalue weighted by atomic mass is 10.3. The molecule has 0 aliphatic heterocycles. The first-order chi connectivity index (χ1) is 6.11. The van der Waals surface area contributed by atoms with Gasteiger partial charge in [0.15, 0.2) is 0 Å². The van der Waals surface area contributed by atoms with Crippen molar-refractivity contribution in [2.24, 2.45) is 5.73 Å². The number of aliphatic carboxylic acids is 1. The summed E-state index contributed by atoms with van der Waals surface area (Å²) in [4.78, 5) is 10.4. The Morgan fingerprint density at radius 2 is 2.31 bits per heavy atom. The Morgan fingerprint density at radius 1 is 1.62 bits per heavy atom. The van der Waals surface area contributed by atoms with E-state index in [1.54, 1.807) is 0 Å². The van der Waals surface area contributed by atoms with E-state index in [0.717, 1.165) is 19.3 Å². The molecule has 0 saturated heterocycles. The highest BCUT2D eigenvalue weighted by Gasteiger charge is 2.26. The molecule has 0 aromatic rings.